The van der Waals surface area contributed by atoms with Gasteiger partial charge in [0, 0.05) is 25.5 Å². The first-order chi connectivity index (χ1) is 13.8. The number of ether oxygens (including phenoxy) is 2. The van der Waals surface area contributed by atoms with Gasteiger partial charge in [0.25, 0.3) is 5.91 Å². The van der Waals surface area contributed by atoms with Gasteiger partial charge in [-0.05, 0) is 35.7 Å². The fraction of sp³-hybridized carbons (Fsp3) is 0.217. The van der Waals surface area contributed by atoms with Crippen molar-refractivity contribution in [3.63, 3.8) is 0 Å². The number of pyridine rings is 1. The summed E-state index contributed by atoms with van der Waals surface area (Å²) in [6.45, 7) is 1.30. The van der Waals surface area contributed by atoms with Gasteiger partial charge in [0.15, 0.2) is 11.5 Å². The first kappa shape index (κ1) is 18.0. The number of hydrogen-bond donors (Lipinski definition) is 0. The van der Waals surface area contributed by atoms with Gasteiger partial charge in [0.1, 0.15) is 6.61 Å². The van der Waals surface area contributed by atoms with Crippen molar-refractivity contribution >= 4 is 5.91 Å². The zero-order valence-corrected chi connectivity index (χ0v) is 15.5. The second kappa shape index (κ2) is 8.57. The van der Waals surface area contributed by atoms with Crippen molar-refractivity contribution < 1.29 is 14.3 Å². The molecule has 142 valence electrons. The van der Waals surface area contributed by atoms with Crippen LogP contribution in [0.3, 0.4) is 0 Å². The van der Waals surface area contributed by atoms with Crippen LogP contribution in [0.2, 0.25) is 0 Å². The van der Waals surface area contributed by atoms with E-state index in [1.54, 1.807) is 12.4 Å². The van der Waals surface area contributed by atoms with E-state index >= 15 is 0 Å². The van der Waals surface area contributed by atoms with E-state index in [0.717, 1.165) is 12.0 Å². The molecular formula is C23H22N2O3. The maximum Gasteiger partial charge on any atom is 0.267 e. The number of benzene rings is 2. The van der Waals surface area contributed by atoms with Crippen molar-refractivity contribution in [2.45, 2.75) is 19.1 Å². The molecule has 0 radical (unpaired) electrons. The Balaban J connectivity index is 1.49. The van der Waals surface area contributed by atoms with Crippen molar-refractivity contribution in [1.82, 2.24) is 9.88 Å². The Labute approximate surface area is 164 Å². The van der Waals surface area contributed by atoms with Crippen LogP contribution in [0, 0.1) is 0 Å². The molecule has 1 amide bonds. The van der Waals surface area contributed by atoms with E-state index in [1.807, 2.05) is 59.5 Å². The molecule has 1 aliphatic heterocycles. The van der Waals surface area contributed by atoms with E-state index in [9.17, 15) is 4.79 Å². The number of hydrogen-bond acceptors (Lipinski definition) is 4. The Hall–Kier alpha value is -3.34. The van der Waals surface area contributed by atoms with Gasteiger partial charge in [0.2, 0.25) is 6.10 Å². The number of carbonyl (C=O) groups excluding carboxylic acids is 1. The first-order valence-electron chi connectivity index (χ1n) is 9.40. The smallest absolute Gasteiger partial charge is 0.267 e. The zero-order chi connectivity index (χ0) is 19.2. The molecule has 0 spiro atoms. The minimum absolute atomic E-state index is 0.0747. The van der Waals surface area contributed by atoms with Gasteiger partial charge < -0.3 is 14.4 Å². The number of rotatable bonds is 6. The Morgan fingerprint density at radius 3 is 2.50 bits per heavy atom. The monoisotopic (exact) mass is 374 g/mol. The second-order valence-electron chi connectivity index (χ2n) is 6.72. The van der Waals surface area contributed by atoms with Gasteiger partial charge in [-0.15, -0.1) is 0 Å². The predicted octanol–water partition coefficient (Wildman–Crippen LogP) is 3.49. The van der Waals surface area contributed by atoms with Crippen LogP contribution in [0.4, 0.5) is 0 Å². The molecule has 4 rings (SSSR count). The van der Waals surface area contributed by atoms with E-state index < -0.39 is 6.10 Å². The number of aromatic nitrogens is 1. The minimum atomic E-state index is -0.651. The highest BCUT2D eigenvalue weighted by Crippen LogP contribution is 2.31. The second-order valence-corrected chi connectivity index (χ2v) is 6.72. The molecule has 5 nitrogen and oxygen atoms in total. The Morgan fingerprint density at radius 2 is 1.71 bits per heavy atom. The predicted molar refractivity (Wildman–Crippen MR) is 106 cm³/mol. The van der Waals surface area contributed by atoms with E-state index in [4.69, 9.17) is 9.47 Å². The lowest BCUT2D eigenvalue weighted by Crippen LogP contribution is -2.46. The third-order valence-electron chi connectivity index (χ3n) is 4.71. The van der Waals surface area contributed by atoms with E-state index in [1.165, 1.54) is 5.56 Å². The fourth-order valence-corrected chi connectivity index (χ4v) is 3.23. The summed E-state index contributed by atoms with van der Waals surface area (Å²) in [6.07, 6.45) is 3.64. The summed E-state index contributed by atoms with van der Waals surface area (Å²) in [5.74, 6) is 1.21. The molecule has 1 aliphatic rings. The third kappa shape index (κ3) is 4.31. The molecule has 1 aromatic heterocycles. The molecule has 3 aromatic rings. The Bertz CT molecular complexity index is 915. The van der Waals surface area contributed by atoms with Crippen LogP contribution in [0.25, 0.3) is 0 Å². The molecule has 1 atom stereocenters. The van der Waals surface area contributed by atoms with Gasteiger partial charge in [-0.25, -0.2) is 0 Å². The average Bonchev–Trinajstić information content (AvgIpc) is 2.77. The van der Waals surface area contributed by atoms with Crippen molar-refractivity contribution in [3.05, 3.63) is 90.3 Å². The molecule has 0 fully saturated rings. The summed E-state index contributed by atoms with van der Waals surface area (Å²) >= 11 is 0. The number of fused-ring (bicyclic) bond motifs is 1. The lowest BCUT2D eigenvalue weighted by molar-refractivity contribution is -0.141. The molecule has 28 heavy (non-hydrogen) atoms. The minimum Gasteiger partial charge on any atom is -0.485 e. The van der Waals surface area contributed by atoms with Crippen molar-refractivity contribution in [2.75, 3.05) is 13.2 Å². The van der Waals surface area contributed by atoms with Crippen molar-refractivity contribution in [2.24, 2.45) is 0 Å². The molecule has 0 unspecified atom stereocenters. The van der Waals surface area contributed by atoms with Crippen LogP contribution >= 0.6 is 0 Å². The lowest BCUT2D eigenvalue weighted by atomic mass is 10.1. The van der Waals surface area contributed by atoms with Crippen LogP contribution in [0.15, 0.2) is 79.1 Å². The van der Waals surface area contributed by atoms with Crippen LogP contribution in [-0.2, 0) is 17.8 Å². The summed E-state index contributed by atoms with van der Waals surface area (Å²) in [6, 6.07) is 21.4. The standard InChI is InChI=1S/C23H22N2O3/c26-23(22-17-27-20-10-4-5-11-21(20)28-22)25(16-19-9-6-13-24-15-19)14-12-18-7-2-1-3-8-18/h1-11,13,15,22H,12,14,16-17H2/t22-/m1/s1. The molecule has 2 aromatic carbocycles. The summed E-state index contributed by atoms with van der Waals surface area (Å²) in [5.41, 5.74) is 2.18. The zero-order valence-electron chi connectivity index (χ0n) is 15.5. The highest BCUT2D eigenvalue weighted by Gasteiger charge is 2.31. The Morgan fingerprint density at radius 1 is 0.964 bits per heavy atom. The topological polar surface area (TPSA) is 51.7 Å². The molecule has 0 bridgehead atoms. The Kier molecular flexibility index (Phi) is 5.52. The summed E-state index contributed by atoms with van der Waals surface area (Å²) in [7, 11) is 0. The van der Waals surface area contributed by atoms with Crippen LogP contribution in [0.1, 0.15) is 11.1 Å². The van der Waals surface area contributed by atoms with Gasteiger partial charge in [-0.2, -0.15) is 0 Å². The van der Waals surface area contributed by atoms with E-state index in [2.05, 4.69) is 17.1 Å². The highest BCUT2D eigenvalue weighted by molar-refractivity contribution is 5.82. The number of nitrogens with zero attached hydrogens (tertiary/aromatic N) is 2. The molecule has 0 saturated carbocycles. The lowest BCUT2D eigenvalue weighted by Gasteiger charge is -2.31. The van der Waals surface area contributed by atoms with Crippen LogP contribution < -0.4 is 9.47 Å². The van der Waals surface area contributed by atoms with Gasteiger partial charge >= 0.3 is 0 Å². The SMILES string of the molecule is O=C([C@H]1COc2ccccc2O1)N(CCc1ccccc1)Cc1cccnc1. The van der Waals surface area contributed by atoms with Gasteiger partial charge in [-0.3, -0.25) is 9.78 Å². The van der Waals surface area contributed by atoms with Crippen molar-refractivity contribution in [3.8, 4) is 11.5 Å². The molecule has 0 aliphatic carbocycles. The quantitative estimate of drug-likeness (QED) is 0.663. The maximum absolute atomic E-state index is 13.2. The molecule has 0 N–H and O–H groups in total. The van der Waals surface area contributed by atoms with E-state index in [0.29, 0.717) is 24.6 Å². The van der Waals surface area contributed by atoms with Crippen molar-refractivity contribution in [1.29, 1.82) is 0 Å². The molecule has 0 saturated heterocycles. The fourth-order valence-electron chi connectivity index (χ4n) is 3.23. The van der Waals surface area contributed by atoms with Crippen LogP contribution in [0.5, 0.6) is 11.5 Å². The molecular weight excluding hydrogens is 352 g/mol. The number of para-hydroxylation sites is 2. The number of amides is 1. The highest BCUT2D eigenvalue weighted by atomic mass is 16.6. The summed E-state index contributed by atoms with van der Waals surface area (Å²) in [4.78, 5) is 19.2. The molecule has 5 heteroatoms. The maximum atomic E-state index is 13.2. The molecule has 2 heterocycles. The van der Waals surface area contributed by atoms with Gasteiger partial charge in [-0.1, -0.05) is 48.5 Å². The third-order valence-corrected chi connectivity index (χ3v) is 4.71. The largest absolute Gasteiger partial charge is 0.485 e. The summed E-state index contributed by atoms with van der Waals surface area (Å²) < 4.78 is 11.7. The summed E-state index contributed by atoms with van der Waals surface area (Å²) in [5, 5.41) is 0. The first-order valence-corrected chi connectivity index (χ1v) is 9.40. The van der Waals surface area contributed by atoms with Gasteiger partial charge in [0.05, 0.1) is 0 Å². The van der Waals surface area contributed by atoms with Crippen LogP contribution in [-0.4, -0.2) is 35.0 Å². The number of carbonyl (C=O) groups is 1. The average molecular weight is 374 g/mol. The van der Waals surface area contributed by atoms with E-state index in [-0.39, 0.29) is 12.5 Å². The normalized spacial score (nSPS) is 15.1.